The van der Waals surface area contributed by atoms with E-state index in [1.54, 1.807) is 18.3 Å². The third-order valence-electron chi connectivity index (χ3n) is 3.33. The second-order valence-electron chi connectivity index (χ2n) is 4.94. The first-order valence-corrected chi connectivity index (χ1v) is 8.17. The first-order chi connectivity index (χ1) is 11.7. The fraction of sp³-hybridized carbons (Fsp3) is 0.0667. The number of fused-ring (bicyclic) bond motifs is 1. The van der Waals surface area contributed by atoms with Crippen LogP contribution in [-0.2, 0) is 10.1 Å². The van der Waals surface area contributed by atoms with E-state index in [-0.39, 0.29) is 11.8 Å². The minimum absolute atomic E-state index is 0.205. The highest BCUT2D eigenvalue weighted by molar-refractivity contribution is 7.88. The van der Waals surface area contributed by atoms with Gasteiger partial charge < -0.3 is 4.18 Å². The maximum Gasteiger partial charge on any atom is 0.534 e. The maximum atomic E-state index is 12.4. The molecule has 0 atom stereocenters. The highest BCUT2D eigenvalue weighted by Crippen LogP contribution is 2.30. The SMILES string of the molecule is O=Cc1cc(-n2ncc3ccccc32)ccc1OS(=O)(=O)C(F)(F)F. The van der Waals surface area contributed by atoms with Gasteiger partial charge in [0.05, 0.1) is 23.0 Å². The molecule has 0 N–H and O–H groups in total. The van der Waals surface area contributed by atoms with Gasteiger partial charge in [-0.25, -0.2) is 4.68 Å². The normalized spacial score (nSPS) is 12.3. The van der Waals surface area contributed by atoms with Gasteiger partial charge in [-0.3, -0.25) is 4.79 Å². The van der Waals surface area contributed by atoms with Gasteiger partial charge in [-0.05, 0) is 24.3 Å². The Labute approximate surface area is 139 Å². The number of aromatic nitrogens is 2. The van der Waals surface area contributed by atoms with Crippen molar-refractivity contribution >= 4 is 27.3 Å². The van der Waals surface area contributed by atoms with Gasteiger partial charge >= 0.3 is 15.6 Å². The summed E-state index contributed by atoms with van der Waals surface area (Å²) in [4.78, 5) is 11.2. The summed E-state index contributed by atoms with van der Waals surface area (Å²) in [6, 6.07) is 10.6. The van der Waals surface area contributed by atoms with Crippen LogP contribution in [-0.4, -0.2) is 30.0 Å². The largest absolute Gasteiger partial charge is 0.534 e. The van der Waals surface area contributed by atoms with Crippen LogP contribution in [0, 0.1) is 0 Å². The van der Waals surface area contributed by atoms with Gasteiger partial charge in [-0.2, -0.15) is 26.7 Å². The van der Waals surface area contributed by atoms with Crippen molar-refractivity contribution in [3.63, 3.8) is 0 Å². The molecule has 0 radical (unpaired) electrons. The molecule has 130 valence electrons. The Morgan fingerprint density at radius 3 is 2.52 bits per heavy atom. The van der Waals surface area contributed by atoms with Crippen LogP contribution in [0.2, 0.25) is 0 Å². The predicted molar refractivity (Wildman–Crippen MR) is 82.1 cm³/mol. The summed E-state index contributed by atoms with van der Waals surface area (Å²) < 4.78 is 64.9. The van der Waals surface area contributed by atoms with E-state index in [0.29, 0.717) is 11.2 Å². The topological polar surface area (TPSA) is 78.3 Å². The molecule has 0 unspecified atom stereocenters. The molecule has 0 aliphatic rings. The molecule has 0 amide bonds. The molecule has 0 spiro atoms. The van der Waals surface area contributed by atoms with Crippen LogP contribution in [0.3, 0.4) is 0 Å². The molecule has 0 saturated carbocycles. The Hall–Kier alpha value is -2.88. The van der Waals surface area contributed by atoms with E-state index in [4.69, 9.17) is 0 Å². The molecular weight excluding hydrogens is 361 g/mol. The summed E-state index contributed by atoms with van der Waals surface area (Å²) >= 11 is 0. The number of alkyl halides is 3. The maximum absolute atomic E-state index is 12.4. The van der Waals surface area contributed by atoms with E-state index in [1.165, 1.54) is 16.8 Å². The lowest BCUT2D eigenvalue weighted by Crippen LogP contribution is -2.28. The molecule has 2 aromatic carbocycles. The van der Waals surface area contributed by atoms with Crippen LogP contribution in [0.5, 0.6) is 5.75 Å². The number of nitrogens with zero attached hydrogens (tertiary/aromatic N) is 2. The van der Waals surface area contributed by atoms with Crippen LogP contribution < -0.4 is 4.18 Å². The monoisotopic (exact) mass is 370 g/mol. The summed E-state index contributed by atoms with van der Waals surface area (Å²) in [6.45, 7) is 0. The Kier molecular flexibility index (Phi) is 3.99. The second-order valence-corrected chi connectivity index (χ2v) is 6.48. The Balaban J connectivity index is 2.05. The van der Waals surface area contributed by atoms with E-state index in [9.17, 15) is 26.4 Å². The van der Waals surface area contributed by atoms with Gasteiger partial charge in [0.25, 0.3) is 0 Å². The van der Waals surface area contributed by atoms with Crippen molar-refractivity contribution < 1.29 is 30.6 Å². The zero-order valence-corrected chi connectivity index (χ0v) is 13.1. The number of halogens is 3. The van der Waals surface area contributed by atoms with E-state index in [1.807, 2.05) is 12.1 Å². The van der Waals surface area contributed by atoms with Crippen LogP contribution in [0.1, 0.15) is 10.4 Å². The molecule has 10 heteroatoms. The van der Waals surface area contributed by atoms with Gasteiger partial charge in [-0.1, -0.05) is 18.2 Å². The minimum atomic E-state index is -5.87. The van der Waals surface area contributed by atoms with Crippen LogP contribution in [0.15, 0.2) is 48.7 Å². The van der Waals surface area contributed by atoms with E-state index in [2.05, 4.69) is 9.28 Å². The minimum Gasteiger partial charge on any atom is -0.375 e. The molecular formula is C15H9F3N2O4S. The fourth-order valence-corrected chi connectivity index (χ4v) is 2.66. The van der Waals surface area contributed by atoms with Crippen molar-refractivity contribution in [2.24, 2.45) is 0 Å². The fourth-order valence-electron chi connectivity index (χ4n) is 2.18. The standard InChI is InChI=1S/C15H9F3N2O4S/c16-15(17,18)25(22,23)24-14-6-5-12(7-11(14)9-21)20-13-4-2-1-3-10(13)8-19-20/h1-9H. The van der Waals surface area contributed by atoms with Gasteiger partial charge in [0.1, 0.15) is 0 Å². The Morgan fingerprint density at radius 1 is 1.12 bits per heavy atom. The van der Waals surface area contributed by atoms with E-state index < -0.39 is 21.4 Å². The van der Waals surface area contributed by atoms with Crippen molar-refractivity contribution in [2.45, 2.75) is 5.51 Å². The lowest BCUT2D eigenvalue weighted by molar-refractivity contribution is -0.0500. The summed E-state index contributed by atoms with van der Waals surface area (Å²) in [5, 5.41) is 4.96. The molecule has 0 saturated heterocycles. The highest BCUT2D eigenvalue weighted by atomic mass is 32.2. The van der Waals surface area contributed by atoms with E-state index in [0.717, 1.165) is 11.5 Å². The van der Waals surface area contributed by atoms with Crippen LogP contribution in [0.25, 0.3) is 16.6 Å². The van der Waals surface area contributed by atoms with Crippen molar-refractivity contribution in [1.82, 2.24) is 9.78 Å². The number of para-hydroxylation sites is 1. The van der Waals surface area contributed by atoms with Crippen molar-refractivity contribution in [3.05, 3.63) is 54.2 Å². The van der Waals surface area contributed by atoms with Crippen molar-refractivity contribution in [2.75, 3.05) is 0 Å². The lowest BCUT2D eigenvalue weighted by Gasteiger charge is -2.12. The average Bonchev–Trinajstić information content (AvgIpc) is 2.98. The smallest absolute Gasteiger partial charge is 0.375 e. The van der Waals surface area contributed by atoms with Gasteiger partial charge in [0, 0.05) is 5.39 Å². The molecule has 3 rings (SSSR count). The molecule has 0 aliphatic carbocycles. The number of rotatable bonds is 4. The first-order valence-electron chi connectivity index (χ1n) is 6.76. The van der Waals surface area contributed by atoms with Crippen LogP contribution in [0.4, 0.5) is 13.2 Å². The number of benzene rings is 2. The summed E-state index contributed by atoms with van der Waals surface area (Å²) in [7, 11) is -5.87. The molecule has 0 bridgehead atoms. The Bertz CT molecular complexity index is 1060. The molecule has 6 nitrogen and oxygen atoms in total. The number of hydrogen-bond donors (Lipinski definition) is 0. The molecule has 3 aromatic rings. The van der Waals surface area contributed by atoms with Crippen LogP contribution >= 0.6 is 0 Å². The zero-order valence-electron chi connectivity index (χ0n) is 12.3. The van der Waals surface area contributed by atoms with Crippen molar-refractivity contribution in [1.29, 1.82) is 0 Å². The number of carbonyl (C=O) groups is 1. The Morgan fingerprint density at radius 2 is 1.84 bits per heavy atom. The van der Waals surface area contributed by atoms with Gasteiger partial charge in [-0.15, -0.1) is 0 Å². The predicted octanol–water partition coefficient (Wildman–Crippen LogP) is 3.07. The third kappa shape index (κ3) is 3.07. The second kappa shape index (κ2) is 5.88. The molecule has 1 aromatic heterocycles. The average molecular weight is 370 g/mol. The quantitative estimate of drug-likeness (QED) is 0.401. The number of hydrogen-bond acceptors (Lipinski definition) is 5. The van der Waals surface area contributed by atoms with Crippen molar-refractivity contribution in [3.8, 4) is 11.4 Å². The van der Waals surface area contributed by atoms with E-state index >= 15 is 0 Å². The first kappa shape index (κ1) is 17.0. The highest BCUT2D eigenvalue weighted by Gasteiger charge is 2.48. The number of carbonyl (C=O) groups excluding carboxylic acids is 1. The molecule has 1 heterocycles. The number of aldehydes is 1. The molecule has 0 fully saturated rings. The van der Waals surface area contributed by atoms with Gasteiger partial charge in [0.15, 0.2) is 12.0 Å². The lowest BCUT2D eigenvalue weighted by atomic mass is 10.2. The summed E-state index contributed by atoms with van der Waals surface area (Å²) in [5.41, 5.74) is -4.88. The third-order valence-corrected chi connectivity index (χ3v) is 4.29. The summed E-state index contributed by atoms with van der Waals surface area (Å²) in [5.74, 6) is -0.715. The van der Waals surface area contributed by atoms with Gasteiger partial charge in [0.2, 0.25) is 0 Å². The summed E-state index contributed by atoms with van der Waals surface area (Å²) in [6.07, 6.45) is 1.78. The molecule has 0 aliphatic heterocycles. The zero-order chi connectivity index (χ0) is 18.2. The molecule has 25 heavy (non-hydrogen) atoms.